The number of nitrogens with zero attached hydrogens (tertiary/aromatic N) is 3. The van der Waals surface area contributed by atoms with E-state index in [0.29, 0.717) is 5.92 Å². The number of aromatic nitrogens is 2. The molecule has 1 aliphatic rings. The lowest BCUT2D eigenvalue weighted by molar-refractivity contribution is -0.0355. The van der Waals surface area contributed by atoms with Crippen LogP contribution in [0.15, 0.2) is 4.42 Å². The van der Waals surface area contributed by atoms with Crippen LogP contribution in [0.5, 0.6) is 0 Å². The quantitative estimate of drug-likeness (QED) is 0.822. The first-order chi connectivity index (χ1) is 8.56. The van der Waals surface area contributed by atoms with Gasteiger partial charge in [0.15, 0.2) is 0 Å². The zero-order chi connectivity index (χ0) is 13.1. The van der Waals surface area contributed by atoms with E-state index in [2.05, 4.69) is 42.8 Å². The van der Waals surface area contributed by atoms with Crippen LogP contribution in [0.25, 0.3) is 0 Å². The van der Waals surface area contributed by atoms with Crippen molar-refractivity contribution < 1.29 is 9.15 Å². The third kappa shape index (κ3) is 3.29. The minimum Gasteiger partial charge on any atom is -0.424 e. The molecule has 2 heterocycles. The molecule has 1 aliphatic heterocycles. The summed E-state index contributed by atoms with van der Waals surface area (Å²) >= 11 is 0. The van der Waals surface area contributed by atoms with Gasteiger partial charge in [0.25, 0.3) is 0 Å². The zero-order valence-corrected chi connectivity index (χ0v) is 11.7. The molecule has 1 saturated heterocycles. The molecule has 5 heteroatoms. The van der Waals surface area contributed by atoms with Gasteiger partial charge in [0.1, 0.15) is 0 Å². The standard InChI is InChI=1S/C13H23N3O2/c1-9(2)7-12-14-15-13(18-12)11(4)16-5-6-17-10(3)8-16/h9-11H,5-8H2,1-4H3/t10-,11-/m0/s1. The fourth-order valence-corrected chi connectivity index (χ4v) is 2.22. The summed E-state index contributed by atoms with van der Waals surface area (Å²) in [6.45, 7) is 11.1. The fourth-order valence-electron chi connectivity index (χ4n) is 2.22. The average Bonchev–Trinajstić information content (AvgIpc) is 2.75. The second kappa shape index (κ2) is 5.80. The highest BCUT2D eigenvalue weighted by Crippen LogP contribution is 2.22. The van der Waals surface area contributed by atoms with E-state index in [4.69, 9.17) is 9.15 Å². The molecule has 2 atom stereocenters. The van der Waals surface area contributed by atoms with Crippen LogP contribution in [-0.4, -0.2) is 40.9 Å². The average molecular weight is 253 g/mol. The normalized spacial score (nSPS) is 23.5. The van der Waals surface area contributed by atoms with Crippen LogP contribution in [0.1, 0.15) is 45.5 Å². The minimum atomic E-state index is 0.171. The van der Waals surface area contributed by atoms with E-state index in [1.54, 1.807) is 0 Å². The Bertz CT molecular complexity index is 378. The molecule has 102 valence electrons. The molecule has 0 radical (unpaired) electrons. The molecule has 0 bridgehead atoms. The van der Waals surface area contributed by atoms with Gasteiger partial charge in [-0.05, 0) is 19.8 Å². The van der Waals surface area contributed by atoms with Crippen LogP contribution in [0, 0.1) is 5.92 Å². The van der Waals surface area contributed by atoms with Crippen LogP contribution in [0.4, 0.5) is 0 Å². The second-order valence-corrected chi connectivity index (χ2v) is 5.48. The van der Waals surface area contributed by atoms with Gasteiger partial charge in [-0.3, -0.25) is 4.90 Å². The van der Waals surface area contributed by atoms with Gasteiger partial charge in [0.2, 0.25) is 11.8 Å². The number of hydrogen-bond donors (Lipinski definition) is 0. The highest BCUT2D eigenvalue weighted by atomic mass is 16.5. The van der Waals surface area contributed by atoms with Crippen LogP contribution in [0.2, 0.25) is 0 Å². The van der Waals surface area contributed by atoms with E-state index in [0.717, 1.165) is 37.9 Å². The summed E-state index contributed by atoms with van der Waals surface area (Å²) < 4.78 is 11.3. The van der Waals surface area contributed by atoms with E-state index in [-0.39, 0.29) is 12.1 Å². The zero-order valence-electron chi connectivity index (χ0n) is 11.7. The molecule has 2 rings (SSSR count). The monoisotopic (exact) mass is 253 g/mol. The van der Waals surface area contributed by atoms with Crippen molar-refractivity contribution in [3.63, 3.8) is 0 Å². The number of morpholine rings is 1. The molecule has 0 N–H and O–H groups in total. The number of ether oxygens (including phenoxy) is 1. The maximum absolute atomic E-state index is 5.74. The Hall–Kier alpha value is -0.940. The molecule has 1 fully saturated rings. The van der Waals surface area contributed by atoms with Crippen LogP contribution < -0.4 is 0 Å². The first-order valence-corrected chi connectivity index (χ1v) is 6.74. The highest BCUT2D eigenvalue weighted by molar-refractivity contribution is 4.91. The van der Waals surface area contributed by atoms with Gasteiger partial charge < -0.3 is 9.15 Å². The molecule has 0 saturated carbocycles. The molecule has 5 nitrogen and oxygen atoms in total. The summed E-state index contributed by atoms with van der Waals surface area (Å²) in [5.74, 6) is 2.00. The van der Waals surface area contributed by atoms with Gasteiger partial charge in [0.05, 0.1) is 18.8 Å². The Morgan fingerprint density at radius 3 is 2.78 bits per heavy atom. The summed E-state index contributed by atoms with van der Waals surface area (Å²) in [5.41, 5.74) is 0. The minimum absolute atomic E-state index is 0.171. The smallest absolute Gasteiger partial charge is 0.233 e. The summed E-state index contributed by atoms with van der Waals surface area (Å²) in [7, 11) is 0. The third-order valence-electron chi connectivity index (χ3n) is 3.24. The van der Waals surface area contributed by atoms with E-state index in [9.17, 15) is 0 Å². The SMILES string of the molecule is CC(C)Cc1nnc([C@H](C)N2CCO[C@@H](C)C2)o1. The topological polar surface area (TPSA) is 51.4 Å². The Labute approximate surface area is 109 Å². The van der Waals surface area contributed by atoms with E-state index in [1.807, 2.05) is 0 Å². The summed E-state index contributed by atoms with van der Waals surface area (Å²) in [4.78, 5) is 2.33. The van der Waals surface area contributed by atoms with Gasteiger partial charge >= 0.3 is 0 Å². The van der Waals surface area contributed by atoms with Gasteiger partial charge in [-0.2, -0.15) is 0 Å². The third-order valence-corrected chi connectivity index (χ3v) is 3.24. The Balaban J connectivity index is 1.99. The van der Waals surface area contributed by atoms with Crippen molar-refractivity contribution in [2.24, 2.45) is 5.92 Å². The van der Waals surface area contributed by atoms with Crippen LogP contribution in [0.3, 0.4) is 0 Å². The Morgan fingerprint density at radius 2 is 2.11 bits per heavy atom. The predicted molar refractivity (Wildman–Crippen MR) is 68.2 cm³/mol. The summed E-state index contributed by atoms with van der Waals surface area (Å²) in [6.07, 6.45) is 1.12. The van der Waals surface area contributed by atoms with Gasteiger partial charge in [-0.15, -0.1) is 10.2 Å². The van der Waals surface area contributed by atoms with Crippen molar-refractivity contribution in [2.75, 3.05) is 19.7 Å². The molecule has 1 aromatic rings. The maximum atomic E-state index is 5.74. The molecular weight excluding hydrogens is 230 g/mol. The summed E-state index contributed by atoms with van der Waals surface area (Å²) in [6, 6.07) is 0.171. The van der Waals surface area contributed by atoms with Crippen molar-refractivity contribution in [1.82, 2.24) is 15.1 Å². The molecule has 0 amide bonds. The molecule has 1 aromatic heterocycles. The highest BCUT2D eigenvalue weighted by Gasteiger charge is 2.26. The van der Waals surface area contributed by atoms with Crippen molar-refractivity contribution >= 4 is 0 Å². The van der Waals surface area contributed by atoms with E-state index in [1.165, 1.54) is 0 Å². The Kier molecular flexibility index (Phi) is 4.35. The van der Waals surface area contributed by atoms with E-state index < -0.39 is 0 Å². The predicted octanol–water partition coefficient (Wildman–Crippen LogP) is 2.05. The first kappa shape index (κ1) is 13.5. The molecular formula is C13H23N3O2. The molecule has 0 aromatic carbocycles. The lowest BCUT2D eigenvalue weighted by Gasteiger charge is -2.33. The maximum Gasteiger partial charge on any atom is 0.233 e. The van der Waals surface area contributed by atoms with Gasteiger partial charge in [-0.1, -0.05) is 13.8 Å². The Morgan fingerprint density at radius 1 is 1.33 bits per heavy atom. The fraction of sp³-hybridized carbons (Fsp3) is 0.846. The molecule has 0 unspecified atom stereocenters. The second-order valence-electron chi connectivity index (χ2n) is 5.48. The number of hydrogen-bond acceptors (Lipinski definition) is 5. The largest absolute Gasteiger partial charge is 0.424 e. The van der Waals surface area contributed by atoms with Crippen molar-refractivity contribution in [2.45, 2.75) is 46.3 Å². The van der Waals surface area contributed by atoms with Crippen molar-refractivity contribution in [3.8, 4) is 0 Å². The lowest BCUT2D eigenvalue weighted by Crippen LogP contribution is -2.42. The van der Waals surface area contributed by atoms with Crippen LogP contribution in [-0.2, 0) is 11.2 Å². The molecule has 0 aliphatic carbocycles. The van der Waals surface area contributed by atoms with Crippen molar-refractivity contribution in [3.05, 3.63) is 11.8 Å². The lowest BCUT2D eigenvalue weighted by atomic mass is 10.1. The van der Waals surface area contributed by atoms with Gasteiger partial charge in [0, 0.05) is 19.5 Å². The van der Waals surface area contributed by atoms with Crippen molar-refractivity contribution in [1.29, 1.82) is 0 Å². The summed E-state index contributed by atoms with van der Waals surface area (Å²) in [5, 5.41) is 8.29. The molecule has 18 heavy (non-hydrogen) atoms. The first-order valence-electron chi connectivity index (χ1n) is 6.74. The van der Waals surface area contributed by atoms with E-state index >= 15 is 0 Å². The van der Waals surface area contributed by atoms with Gasteiger partial charge in [-0.25, -0.2) is 0 Å². The van der Waals surface area contributed by atoms with Crippen LogP contribution >= 0.6 is 0 Å². The molecule has 0 spiro atoms. The number of rotatable bonds is 4.